The summed E-state index contributed by atoms with van der Waals surface area (Å²) < 4.78 is 37.1. The first-order valence-electron chi connectivity index (χ1n) is 6.33. The van der Waals surface area contributed by atoms with Crippen molar-refractivity contribution in [3.63, 3.8) is 0 Å². The van der Waals surface area contributed by atoms with Crippen molar-refractivity contribution in [3.05, 3.63) is 0 Å². The SMILES string of the molecule is CC(C)NCC(C)S(=O)(=O)NCC1COCCO1. The summed E-state index contributed by atoms with van der Waals surface area (Å²) in [5.74, 6) is 0. The zero-order valence-corrected chi connectivity index (χ0v) is 12.1. The van der Waals surface area contributed by atoms with Crippen LogP contribution in [0.3, 0.4) is 0 Å². The van der Waals surface area contributed by atoms with Gasteiger partial charge in [0, 0.05) is 19.1 Å². The lowest BCUT2D eigenvalue weighted by atomic mass is 10.3. The molecule has 2 atom stereocenters. The summed E-state index contributed by atoms with van der Waals surface area (Å²) >= 11 is 0. The van der Waals surface area contributed by atoms with Crippen molar-refractivity contribution in [1.82, 2.24) is 10.0 Å². The molecule has 1 heterocycles. The highest BCUT2D eigenvalue weighted by atomic mass is 32.2. The van der Waals surface area contributed by atoms with Gasteiger partial charge in [-0.2, -0.15) is 0 Å². The van der Waals surface area contributed by atoms with Crippen molar-refractivity contribution >= 4 is 10.0 Å². The molecular weight excluding hydrogens is 256 g/mol. The van der Waals surface area contributed by atoms with E-state index >= 15 is 0 Å². The molecule has 0 radical (unpaired) electrons. The Balaban J connectivity index is 2.33. The molecule has 0 aromatic rings. The fourth-order valence-corrected chi connectivity index (χ4v) is 2.54. The van der Waals surface area contributed by atoms with E-state index in [4.69, 9.17) is 9.47 Å². The van der Waals surface area contributed by atoms with Gasteiger partial charge in [0.25, 0.3) is 0 Å². The molecule has 108 valence electrons. The molecule has 0 amide bonds. The fourth-order valence-electron chi connectivity index (χ4n) is 1.52. The molecule has 1 saturated heterocycles. The third-order valence-corrected chi connectivity index (χ3v) is 4.54. The van der Waals surface area contributed by atoms with Crippen molar-refractivity contribution < 1.29 is 17.9 Å². The highest BCUT2D eigenvalue weighted by Gasteiger charge is 2.23. The van der Waals surface area contributed by atoms with Crippen LogP contribution in [-0.4, -0.2) is 58.7 Å². The minimum atomic E-state index is -3.30. The second kappa shape index (κ2) is 7.40. The number of sulfonamides is 1. The molecule has 1 rings (SSSR count). The van der Waals surface area contributed by atoms with E-state index in [0.717, 1.165) is 0 Å². The maximum absolute atomic E-state index is 11.9. The Hall–Kier alpha value is -0.210. The maximum atomic E-state index is 11.9. The summed E-state index contributed by atoms with van der Waals surface area (Å²) in [4.78, 5) is 0. The Kier molecular flexibility index (Phi) is 6.51. The lowest BCUT2D eigenvalue weighted by Crippen LogP contribution is -2.45. The van der Waals surface area contributed by atoms with E-state index < -0.39 is 15.3 Å². The van der Waals surface area contributed by atoms with Crippen LogP contribution in [0, 0.1) is 0 Å². The van der Waals surface area contributed by atoms with Crippen LogP contribution in [0.4, 0.5) is 0 Å². The van der Waals surface area contributed by atoms with Crippen LogP contribution < -0.4 is 10.0 Å². The lowest BCUT2D eigenvalue weighted by molar-refractivity contribution is -0.0847. The van der Waals surface area contributed by atoms with E-state index in [-0.39, 0.29) is 18.7 Å². The maximum Gasteiger partial charge on any atom is 0.215 e. The molecule has 2 N–H and O–H groups in total. The summed E-state index contributed by atoms with van der Waals surface area (Å²) in [6, 6.07) is 0.276. The van der Waals surface area contributed by atoms with E-state index in [1.807, 2.05) is 13.8 Å². The van der Waals surface area contributed by atoms with E-state index in [2.05, 4.69) is 10.0 Å². The molecule has 0 aromatic heterocycles. The van der Waals surface area contributed by atoms with Crippen molar-refractivity contribution in [2.75, 3.05) is 32.9 Å². The molecule has 1 aliphatic heterocycles. The quantitative estimate of drug-likeness (QED) is 0.670. The number of nitrogens with one attached hydrogen (secondary N) is 2. The topological polar surface area (TPSA) is 76.7 Å². The van der Waals surface area contributed by atoms with Gasteiger partial charge in [-0.3, -0.25) is 0 Å². The van der Waals surface area contributed by atoms with Crippen LogP contribution in [0.15, 0.2) is 0 Å². The van der Waals surface area contributed by atoms with Crippen molar-refractivity contribution in [1.29, 1.82) is 0 Å². The molecule has 1 aliphatic rings. The molecule has 0 aliphatic carbocycles. The molecule has 18 heavy (non-hydrogen) atoms. The minimum absolute atomic E-state index is 0.182. The standard InChI is InChI=1S/C11H24N2O4S/c1-9(2)12-6-10(3)18(14,15)13-7-11-8-16-4-5-17-11/h9-13H,4-8H2,1-3H3. The summed E-state index contributed by atoms with van der Waals surface area (Å²) in [7, 11) is -3.30. The van der Waals surface area contributed by atoms with Gasteiger partial charge >= 0.3 is 0 Å². The Morgan fingerprint density at radius 1 is 1.28 bits per heavy atom. The average molecular weight is 280 g/mol. The average Bonchev–Trinajstić information content (AvgIpc) is 2.34. The van der Waals surface area contributed by atoms with E-state index in [1.165, 1.54) is 0 Å². The van der Waals surface area contributed by atoms with Gasteiger partial charge in [0.05, 0.1) is 31.2 Å². The number of hydrogen-bond donors (Lipinski definition) is 2. The molecule has 2 unspecified atom stereocenters. The van der Waals surface area contributed by atoms with Gasteiger partial charge in [-0.1, -0.05) is 13.8 Å². The van der Waals surface area contributed by atoms with Crippen LogP contribution in [0.1, 0.15) is 20.8 Å². The van der Waals surface area contributed by atoms with Crippen LogP contribution >= 0.6 is 0 Å². The van der Waals surface area contributed by atoms with Gasteiger partial charge in [-0.15, -0.1) is 0 Å². The van der Waals surface area contributed by atoms with Gasteiger partial charge in [0.2, 0.25) is 10.0 Å². The minimum Gasteiger partial charge on any atom is -0.376 e. The molecule has 6 nitrogen and oxygen atoms in total. The van der Waals surface area contributed by atoms with Gasteiger partial charge < -0.3 is 14.8 Å². The third-order valence-electron chi connectivity index (χ3n) is 2.74. The molecule has 0 spiro atoms. The van der Waals surface area contributed by atoms with Crippen molar-refractivity contribution in [2.24, 2.45) is 0 Å². The molecular formula is C11H24N2O4S. The van der Waals surface area contributed by atoms with Crippen molar-refractivity contribution in [3.8, 4) is 0 Å². The molecule has 0 bridgehead atoms. The Morgan fingerprint density at radius 3 is 2.56 bits per heavy atom. The number of ether oxygens (including phenoxy) is 2. The number of hydrogen-bond acceptors (Lipinski definition) is 5. The monoisotopic (exact) mass is 280 g/mol. The molecule has 0 aromatic carbocycles. The highest BCUT2D eigenvalue weighted by molar-refractivity contribution is 7.90. The van der Waals surface area contributed by atoms with Gasteiger partial charge in [0.15, 0.2) is 0 Å². The lowest BCUT2D eigenvalue weighted by Gasteiger charge is -2.24. The van der Waals surface area contributed by atoms with Crippen LogP contribution in [0.5, 0.6) is 0 Å². The van der Waals surface area contributed by atoms with Crippen molar-refractivity contribution in [2.45, 2.75) is 38.2 Å². The second-order valence-corrected chi connectivity index (χ2v) is 7.02. The smallest absolute Gasteiger partial charge is 0.215 e. The Bertz CT molecular complexity index is 326. The van der Waals surface area contributed by atoms with Crippen LogP contribution in [0.25, 0.3) is 0 Å². The van der Waals surface area contributed by atoms with Crippen LogP contribution in [-0.2, 0) is 19.5 Å². The molecule has 1 fully saturated rings. The first-order valence-corrected chi connectivity index (χ1v) is 7.87. The summed E-state index contributed by atoms with van der Waals surface area (Å²) in [6.07, 6.45) is -0.182. The van der Waals surface area contributed by atoms with Gasteiger partial charge in [-0.25, -0.2) is 13.1 Å². The van der Waals surface area contributed by atoms with Gasteiger partial charge in [0.1, 0.15) is 0 Å². The molecule has 0 saturated carbocycles. The Labute approximate surface area is 109 Å². The first kappa shape index (κ1) is 15.8. The normalized spacial score (nSPS) is 23.2. The predicted molar refractivity (Wildman–Crippen MR) is 70.1 cm³/mol. The third kappa shape index (κ3) is 5.62. The first-order chi connectivity index (χ1) is 8.42. The summed E-state index contributed by atoms with van der Waals surface area (Å²) in [5.41, 5.74) is 0. The summed E-state index contributed by atoms with van der Waals surface area (Å²) in [6.45, 7) is 7.93. The Morgan fingerprint density at radius 2 is 2.00 bits per heavy atom. The van der Waals surface area contributed by atoms with E-state index in [1.54, 1.807) is 6.92 Å². The van der Waals surface area contributed by atoms with E-state index in [0.29, 0.717) is 26.4 Å². The number of rotatable bonds is 7. The highest BCUT2D eigenvalue weighted by Crippen LogP contribution is 2.02. The second-order valence-electron chi connectivity index (χ2n) is 4.83. The van der Waals surface area contributed by atoms with Gasteiger partial charge in [-0.05, 0) is 6.92 Å². The summed E-state index contributed by atoms with van der Waals surface area (Å²) in [5, 5.41) is 2.65. The fraction of sp³-hybridized carbons (Fsp3) is 1.00. The largest absolute Gasteiger partial charge is 0.376 e. The zero-order chi connectivity index (χ0) is 13.6. The van der Waals surface area contributed by atoms with E-state index in [9.17, 15) is 8.42 Å². The molecule has 7 heteroatoms. The predicted octanol–water partition coefficient (Wildman–Crippen LogP) is -0.292. The van der Waals surface area contributed by atoms with Crippen LogP contribution in [0.2, 0.25) is 0 Å². The zero-order valence-electron chi connectivity index (χ0n) is 11.3.